The lowest BCUT2D eigenvalue weighted by atomic mass is 10.1. The molecule has 0 radical (unpaired) electrons. The van der Waals surface area contributed by atoms with Gasteiger partial charge in [-0.15, -0.1) is 0 Å². The number of carbonyl (C=O) groups excluding carboxylic acids is 2. The Morgan fingerprint density at radius 2 is 2.04 bits per heavy atom. The van der Waals surface area contributed by atoms with E-state index < -0.39 is 48.7 Å². The molecule has 2 heterocycles. The summed E-state index contributed by atoms with van der Waals surface area (Å²) in [6.45, 7) is 1.57. The van der Waals surface area contributed by atoms with E-state index >= 15 is 0 Å². The monoisotopic (exact) mass is 357 g/mol. The van der Waals surface area contributed by atoms with Crippen molar-refractivity contribution in [2.24, 2.45) is 0 Å². The lowest BCUT2D eigenvalue weighted by molar-refractivity contribution is -0.142. The summed E-state index contributed by atoms with van der Waals surface area (Å²) in [5, 5.41) is 31.3. The van der Waals surface area contributed by atoms with Crippen molar-refractivity contribution in [3.05, 3.63) is 22.2 Å². The number of aromatic nitrogens is 2. The molecule has 1 saturated heterocycles. The van der Waals surface area contributed by atoms with Gasteiger partial charge in [-0.05, 0) is 0 Å². The Morgan fingerprint density at radius 3 is 2.56 bits per heavy atom. The number of anilines is 1. The minimum Gasteiger partial charge on any atom is -0.461 e. The van der Waals surface area contributed by atoms with E-state index in [4.69, 9.17) is 14.6 Å². The molecule has 1 unspecified atom stereocenters. The molecule has 11 nitrogen and oxygen atoms in total. The fourth-order valence-electron chi connectivity index (χ4n) is 2.36. The van der Waals surface area contributed by atoms with Gasteiger partial charge in [0.1, 0.15) is 30.7 Å². The first-order valence-electron chi connectivity index (χ1n) is 7.40. The number of aliphatic hydroxyl groups excluding tert-OH is 3. The Kier molecular flexibility index (Phi) is 5.85. The third kappa shape index (κ3) is 4.20. The van der Waals surface area contributed by atoms with Crippen molar-refractivity contribution in [2.45, 2.75) is 45.0 Å². The minimum atomic E-state index is -1.48. The van der Waals surface area contributed by atoms with Crippen LogP contribution in [0.5, 0.6) is 0 Å². The lowest BCUT2D eigenvalue weighted by Gasteiger charge is -2.19. The molecule has 1 aliphatic rings. The van der Waals surface area contributed by atoms with Gasteiger partial charge in [0.15, 0.2) is 6.23 Å². The molecule has 2 rings (SSSR count). The van der Waals surface area contributed by atoms with E-state index in [9.17, 15) is 24.6 Å². The summed E-state index contributed by atoms with van der Waals surface area (Å²) in [6.07, 6.45) is -4.05. The summed E-state index contributed by atoms with van der Waals surface area (Å²) in [4.78, 5) is 38.1. The standard InChI is InChI=1S/C14H19N3O8/c1-6(19)15-12-8(5-24-7(2)20)3-17(14(23)16-12)13-11(22)10(21)9(4-18)25-13/h3,9-11,13,18,21-22H,4-5H2,1-2H3,(H,15,16,19,23)/t9-,10+,11?,13-/m1/s1. The lowest BCUT2D eigenvalue weighted by Crippen LogP contribution is -2.36. The Morgan fingerprint density at radius 1 is 1.36 bits per heavy atom. The molecular weight excluding hydrogens is 338 g/mol. The van der Waals surface area contributed by atoms with Gasteiger partial charge in [0.25, 0.3) is 0 Å². The molecule has 138 valence electrons. The van der Waals surface area contributed by atoms with Gasteiger partial charge in [0.2, 0.25) is 5.91 Å². The van der Waals surface area contributed by atoms with Gasteiger partial charge in [-0.1, -0.05) is 0 Å². The van der Waals surface area contributed by atoms with Crippen molar-refractivity contribution < 1.29 is 34.4 Å². The molecule has 25 heavy (non-hydrogen) atoms. The quantitative estimate of drug-likeness (QED) is 0.432. The van der Waals surface area contributed by atoms with E-state index in [1.165, 1.54) is 20.0 Å². The molecule has 0 bridgehead atoms. The highest BCUT2D eigenvalue weighted by Crippen LogP contribution is 2.28. The Bertz CT molecular complexity index is 719. The number of amides is 1. The number of rotatable bonds is 5. The van der Waals surface area contributed by atoms with Crippen LogP contribution in [0.15, 0.2) is 11.0 Å². The maximum atomic E-state index is 12.2. The second-order valence-electron chi connectivity index (χ2n) is 5.49. The highest BCUT2D eigenvalue weighted by atomic mass is 16.6. The van der Waals surface area contributed by atoms with Crippen molar-refractivity contribution in [1.82, 2.24) is 9.55 Å². The predicted octanol–water partition coefficient (Wildman–Crippen LogP) is -2.12. The molecule has 1 fully saturated rings. The Balaban J connectivity index is 2.41. The molecule has 0 aromatic carbocycles. The molecule has 11 heteroatoms. The van der Waals surface area contributed by atoms with Crippen molar-refractivity contribution in [1.29, 1.82) is 0 Å². The van der Waals surface area contributed by atoms with Gasteiger partial charge >= 0.3 is 11.7 Å². The van der Waals surface area contributed by atoms with Crippen LogP contribution in [0.1, 0.15) is 25.6 Å². The van der Waals surface area contributed by atoms with Crippen LogP contribution < -0.4 is 11.0 Å². The third-order valence-corrected chi connectivity index (χ3v) is 3.54. The summed E-state index contributed by atoms with van der Waals surface area (Å²) in [6, 6.07) is 0. The van der Waals surface area contributed by atoms with Gasteiger partial charge in [-0.3, -0.25) is 14.2 Å². The van der Waals surface area contributed by atoms with Crippen LogP contribution in [-0.4, -0.2) is 61.7 Å². The molecular formula is C14H19N3O8. The molecule has 1 aromatic rings. The number of ether oxygens (including phenoxy) is 2. The number of nitrogens with zero attached hydrogens (tertiary/aromatic N) is 2. The number of nitrogens with one attached hydrogen (secondary N) is 1. The molecule has 0 saturated carbocycles. The number of hydrogen-bond acceptors (Lipinski definition) is 9. The van der Waals surface area contributed by atoms with Crippen LogP contribution in [0.2, 0.25) is 0 Å². The molecule has 1 aromatic heterocycles. The SMILES string of the molecule is CC(=O)Nc1nc(=O)n([C@@H]2O[C@H](CO)[C@H](O)C2O)cc1COC(C)=O. The fourth-order valence-corrected chi connectivity index (χ4v) is 2.36. The first-order chi connectivity index (χ1) is 11.7. The van der Waals surface area contributed by atoms with Crippen molar-refractivity contribution >= 4 is 17.7 Å². The van der Waals surface area contributed by atoms with Crippen molar-refractivity contribution in [3.63, 3.8) is 0 Å². The summed E-state index contributed by atoms with van der Waals surface area (Å²) in [5.74, 6) is -1.16. The fraction of sp³-hybridized carbons (Fsp3) is 0.571. The van der Waals surface area contributed by atoms with Crippen molar-refractivity contribution in [3.8, 4) is 0 Å². The van der Waals surface area contributed by atoms with Crippen LogP contribution in [0.4, 0.5) is 5.82 Å². The number of aliphatic hydroxyl groups is 3. The molecule has 4 atom stereocenters. The average molecular weight is 357 g/mol. The van der Waals surface area contributed by atoms with Crippen LogP contribution in [0.3, 0.4) is 0 Å². The summed E-state index contributed by atoms with van der Waals surface area (Å²) < 4.78 is 11.0. The molecule has 1 amide bonds. The summed E-state index contributed by atoms with van der Waals surface area (Å²) in [5.41, 5.74) is -0.687. The van der Waals surface area contributed by atoms with Crippen molar-refractivity contribution in [2.75, 3.05) is 11.9 Å². The van der Waals surface area contributed by atoms with Gasteiger partial charge in [0, 0.05) is 25.6 Å². The number of esters is 1. The van der Waals surface area contributed by atoms with Gasteiger partial charge < -0.3 is 30.1 Å². The van der Waals surface area contributed by atoms with E-state index in [1.54, 1.807) is 0 Å². The number of carbonyl (C=O) groups is 2. The maximum absolute atomic E-state index is 12.2. The molecule has 1 aliphatic heterocycles. The zero-order chi connectivity index (χ0) is 18.7. The Hall–Kier alpha value is -2.34. The third-order valence-electron chi connectivity index (χ3n) is 3.54. The minimum absolute atomic E-state index is 0.0956. The van der Waals surface area contributed by atoms with Gasteiger partial charge in [-0.25, -0.2) is 4.79 Å². The normalized spacial score (nSPS) is 25.6. The largest absolute Gasteiger partial charge is 0.461 e. The van der Waals surface area contributed by atoms with E-state index in [-0.39, 0.29) is 18.0 Å². The smallest absolute Gasteiger partial charge is 0.351 e. The molecule has 0 aliphatic carbocycles. The molecule has 4 N–H and O–H groups in total. The summed E-state index contributed by atoms with van der Waals surface area (Å²) >= 11 is 0. The Labute approximate surface area is 141 Å². The van der Waals surface area contributed by atoms with E-state index in [2.05, 4.69) is 10.3 Å². The first-order valence-corrected chi connectivity index (χ1v) is 7.40. The van der Waals surface area contributed by atoms with Crippen LogP contribution >= 0.6 is 0 Å². The summed E-state index contributed by atoms with van der Waals surface area (Å²) in [7, 11) is 0. The molecule has 0 spiro atoms. The second-order valence-corrected chi connectivity index (χ2v) is 5.49. The zero-order valence-corrected chi connectivity index (χ0v) is 13.6. The van der Waals surface area contributed by atoms with E-state index in [1.807, 2.05) is 0 Å². The van der Waals surface area contributed by atoms with E-state index in [0.717, 1.165) is 4.57 Å². The van der Waals surface area contributed by atoms with E-state index in [0.29, 0.717) is 0 Å². The number of hydrogen-bond donors (Lipinski definition) is 4. The maximum Gasteiger partial charge on any atom is 0.351 e. The second kappa shape index (κ2) is 7.70. The zero-order valence-electron chi connectivity index (χ0n) is 13.6. The van der Waals surface area contributed by atoms with Gasteiger partial charge in [-0.2, -0.15) is 4.98 Å². The highest BCUT2D eigenvalue weighted by molar-refractivity contribution is 5.88. The highest BCUT2D eigenvalue weighted by Gasteiger charge is 2.44. The first kappa shape index (κ1) is 19.0. The van der Waals surface area contributed by atoms with Gasteiger partial charge in [0.05, 0.1) is 6.61 Å². The predicted molar refractivity (Wildman–Crippen MR) is 81.3 cm³/mol. The van der Waals surface area contributed by atoms with Crippen LogP contribution in [0.25, 0.3) is 0 Å². The van der Waals surface area contributed by atoms with Crippen LogP contribution in [-0.2, 0) is 25.7 Å². The van der Waals surface area contributed by atoms with Crippen LogP contribution in [0, 0.1) is 0 Å². The average Bonchev–Trinajstić information content (AvgIpc) is 2.81. The topological polar surface area (TPSA) is 160 Å².